The quantitative estimate of drug-likeness (QED) is 0.811. The molecule has 1 amide bonds. The first-order chi connectivity index (χ1) is 8.52. The first-order valence-corrected chi connectivity index (χ1v) is 5.79. The topological polar surface area (TPSA) is 66.4 Å². The van der Waals surface area contributed by atoms with Crippen molar-refractivity contribution < 1.29 is 19.1 Å². The van der Waals surface area contributed by atoms with Gasteiger partial charge in [0.05, 0.1) is 0 Å². The van der Waals surface area contributed by atoms with Gasteiger partial charge in [-0.2, -0.15) is 0 Å². The van der Waals surface area contributed by atoms with Gasteiger partial charge in [-0.25, -0.2) is 9.18 Å². The van der Waals surface area contributed by atoms with E-state index < -0.39 is 12.0 Å². The van der Waals surface area contributed by atoms with Gasteiger partial charge in [-0.1, -0.05) is 19.1 Å². The Balaban J connectivity index is 2.65. The molecule has 1 atom stereocenters. The van der Waals surface area contributed by atoms with Crippen molar-refractivity contribution in [1.82, 2.24) is 5.32 Å². The summed E-state index contributed by atoms with van der Waals surface area (Å²) in [6.07, 6.45) is 1.10. The fraction of sp³-hybridized carbons (Fsp3) is 0.385. The number of benzene rings is 1. The van der Waals surface area contributed by atoms with Crippen molar-refractivity contribution in [3.8, 4) is 0 Å². The molecule has 4 nitrogen and oxygen atoms in total. The Hall–Kier alpha value is -1.91. The van der Waals surface area contributed by atoms with Crippen LogP contribution in [-0.4, -0.2) is 23.0 Å². The minimum absolute atomic E-state index is 0.144. The Morgan fingerprint density at radius 3 is 2.44 bits per heavy atom. The molecule has 98 valence electrons. The van der Waals surface area contributed by atoms with Gasteiger partial charge in [0.1, 0.15) is 11.9 Å². The molecule has 0 fully saturated rings. The van der Waals surface area contributed by atoms with E-state index in [4.69, 9.17) is 5.11 Å². The lowest BCUT2D eigenvalue weighted by atomic mass is 10.1. The van der Waals surface area contributed by atoms with E-state index in [-0.39, 0.29) is 18.1 Å². The molecule has 18 heavy (non-hydrogen) atoms. The molecular weight excluding hydrogens is 237 g/mol. The molecular formula is C13H16FNO3. The van der Waals surface area contributed by atoms with Crippen LogP contribution in [0.2, 0.25) is 0 Å². The highest BCUT2D eigenvalue weighted by Gasteiger charge is 2.19. The molecule has 0 aliphatic rings. The maximum absolute atomic E-state index is 12.7. The number of nitrogens with one attached hydrogen (secondary N) is 1. The third-order valence-corrected chi connectivity index (χ3v) is 2.46. The molecule has 0 radical (unpaired) electrons. The van der Waals surface area contributed by atoms with Crippen LogP contribution in [-0.2, 0) is 16.0 Å². The third-order valence-electron chi connectivity index (χ3n) is 2.46. The molecule has 2 N–H and O–H groups in total. The van der Waals surface area contributed by atoms with Gasteiger partial charge in [0.15, 0.2) is 0 Å². The van der Waals surface area contributed by atoms with Gasteiger partial charge < -0.3 is 10.4 Å². The number of carbonyl (C=O) groups is 2. The van der Waals surface area contributed by atoms with Crippen molar-refractivity contribution in [2.24, 2.45) is 0 Å². The standard InChI is InChI=1S/C13H16FNO3/c1-2-3-12(16)15-11(13(17)18)8-9-4-6-10(14)7-5-9/h4-7,11H,2-3,8H2,1H3,(H,15,16)(H,17,18). The molecule has 1 unspecified atom stereocenters. The van der Waals surface area contributed by atoms with E-state index in [1.54, 1.807) is 0 Å². The maximum atomic E-state index is 12.7. The van der Waals surface area contributed by atoms with Crippen molar-refractivity contribution in [2.45, 2.75) is 32.2 Å². The van der Waals surface area contributed by atoms with E-state index in [2.05, 4.69) is 5.32 Å². The smallest absolute Gasteiger partial charge is 0.326 e. The van der Waals surface area contributed by atoms with Crippen LogP contribution in [0.3, 0.4) is 0 Å². The minimum Gasteiger partial charge on any atom is -0.480 e. The summed E-state index contributed by atoms with van der Waals surface area (Å²) < 4.78 is 12.7. The van der Waals surface area contributed by atoms with E-state index in [0.29, 0.717) is 18.4 Å². The fourth-order valence-electron chi connectivity index (χ4n) is 1.55. The second kappa shape index (κ2) is 6.74. The number of rotatable bonds is 6. The number of hydrogen-bond donors (Lipinski definition) is 2. The van der Waals surface area contributed by atoms with E-state index >= 15 is 0 Å². The van der Waals surface area contributed by atoms with Crippen LogP contribution in [0.5, 0.6) is 0 Å². The fourth-order valence-corrected chi connectivity index (χ4v) is 1.55. The van der Waals surface area contributed by atoms with Crippen molar-refractivity contribution in [2.75, 3.05) is 0 Å². The summed E-state index contributed by atoms with van der Waals surface area (Å²) in [5.41, 5.74) is 0.667. The summed E-state index contributed by atoms with van der Waals surface area (Å²) in [5, 5.41) is 11.5. The Bertz CT molecular complexity index is 417. The maximum Gasteiger partial charge on any atom is 0.326 e. The van der Waals surface area contributed by atoms with E-state index in [0.717, 1.165) is 0 Å². The monoisotopic (exact) mass is 253 g/mol. The summed E-state index contributed by atoms with van der Waals surface area (Å²) in [6.45, 7) is 1.84. The van der Waals surface area contributed by atoms with E-state index in [1.165, 1.54) is 24.3 Å². The summed E-state index contributed by atoms with van der Waals surface area (Å²) >= 11 is 0. The molecule has 0 saturated heterocycles. The normalized spacial score (nSPS) is 11.9. The lowest BCUT2D eigenvalue weighted by Crippen LogP contribution is -2.42. The van der Waals surface area contributed by atoms with Crippen LogP contribution in [0.4, 0.5) is 4.39 Å². The summed E-state index contributed by atoms with van der Waals surface area (Å²) in [4.78, 5) is 22.4. The Kier molecular flexibility index (Phi) is 5.30. The average molecular weight is 253 g/mol. The highest BCUT2D eigenvalue weighted by Crippen LogP contribution is 2.06. The van der Waals surface area contributed by atoms with Crippen molar-refractivity contribution >= 4 is 11.9 Å². The molecule has 0 heterocycles. The first kappa shape index (κ1) is 14.2. The van der Waals surface area contributed by atoms with Crippen molar-refractivity contribution in [3.63, 3.8) is 0 Å². The van der Waals surface area contributed by atoms with Crippen molar-refractivity contribution in [1.29, 1.82) is 0 Å². The molecule has 0 aliphatic heterocycles. The molecule has 0 aromatic heterocycles. The van der Waals surface area contributed by atoms with Crippen molar-refractivity contribution in [3.05, 3.63) is 35.6 Å². The molecule has 0 aliphatic carbocycles. The van der Waals surface area contributed by atoms with Gasteiger partial charge in [-0.05, 0) is 24.1 Å². The first-order valence-electron chi connectivity index (χ1n) is 5.79. The Labute approximate surface area is 105 Å². The van der Waals surface area contributed by atoms with E-state index in [1.807, 2.05) is 6.92 Å². The predicted octanol–water partition coefficient (Wildman–Crippen LogP) is 1.74. The average Bonchev–Trinajstić information content (AvgIpc) is 2.31. The lowest BCUT2D eigenvalue weighted by molar-refractivity contribution is -0.141. The number of amides is 1. The molecule has 0 saturated carbocycles. The molecule has 1 rings (SSSR count). The van der Waals surface area contributed by atoms with Gasteiger partial charge in [0, 0.05) is 12.8 Å². The lowest BCUT2D eigenvalue weighted by Gasteiger charge is -2.14. The highest BCUT2D eigenvalue weighted by molar-refractivity contribution is 5.83. The van der Waals surface area contributed by atoms with Crippen LogP contribution in [0, 0.1) is 5.82 Å². The number of aliphatic carboxylic acids is 1. The molecule has 1 aromatic carbocycles. The van der Waals surface area contributed by atoms with Gasteiger partial charge in [0.2, 0.25) is 5.91 Å². The summed E-state index contributed by atoms with van der Waals surface area (Å²) in [6, 6.07) is 4.58. The zero-order chi connectivity index (χ0) is 13.5. The second-order valence-electron chi connectivity index (χ2n) is 4.04. The number of hydrogen-bond acceptors (Lipinski definition) is 2. The van der Waals surface area contributed by atoms with Gasteiger partial charge in [-0.15, -0.1) is 0 Å². The molecule has 1 aromatic rings. The van der Waals surface area contributed by atoms with Crippen LogP contribution in [0.15, 0.2) is 24.3 Å². The SMILES string of the molecule is CCCC(=O)NC(Cc1ccc(F)cc1)C(=O)O. The third kappa shape index (κ3) is 4.53. The van der Waals surface area contributed by atoms with Gasteiger partial charge >= 0.3 is 5.97 Å². The Morgan fingerprint density at radius 1 is 1.33 bits per heavy atom. The van der Waals surface area contributed by atoms with Crippen LogP contribution in [0.1, 0.15) is 25.3 Å². The number of carbonyl (C=O) groups excluding carboxylic acids is 1. The highest BCUT2D eigenvalue weighted by atomic mass is 19.1. The zero-order valence-corrected chi connectivity index (χ0v) is 10.1. The predicted molar refractivity (Wildman–Crippen MR) is 64.6 cm³/mol. The van der Waals surface area contributed by atoms with E-state index in [9.17, 15) is 14.0 Å². The molecule has 0 spiro atoms. The van der Waals surface area contributed by atoms with Gasteiger partial charge in [-0.3, -0.25) is 4.79 Å². The zero-order valence-electron chi connectivity index (χ0n) is 10.1. The summed E-state index contributed by atoms with van der Waals surface area (Å²) in [7, 11) is 0. The van der Waals surface area contributed by atoms with Crippen LogP contribution < -0.4 is 5.32 Å². The number of carboxylic acids is 1. The minimum atomic E-state index is -1.09. The number of carboxylic acid groups (broad SMARTS) is 1. The number of halogens is 1. The molecule has 5 heteroatoms. The second-order valence-corrected chi connectivity index (χ2v) is 4.04. The Morgan fingerprint density at radius 2 is 1.94 bits per heavy atom. The van der Waals surface area contributed by atoms with Crippen LogP contribution in [0.25, 0.3) is 0 Å². The summed E-state index contributed by atoms with van der Waals surface area (Å²) in [5.74, 6) is -1.75. The van der Waals surface area contributed by atoms with Crippen LogP contribution >= 0.6 is 0 Å². The largest absolute Gasteiger partial charge is 0.480 e. The molecule has 0 bridgehead atoms. The van der Waals surface area contributed by atoms with Gasteiger partial charge in [0.25, 0.3) is 0 Å².